The molecule has 0 radical (unpaired) electrons. The maximum atomic E-state index is 12.6. The van der Waals surface area contributed by atoms with Crippen LogP contribution < -0.4 is 15.1 Å². The van der Waals surface area contributed by atoms with Gasteiger partial charge in [0.15, 0.2) is 11.5 Å². The second kappa shape index (κ2) is 8.58. The molecule has 164 valence electrons. The lowest BCUT2D eigenvalue weighted by Crippen LogP contribution is -2.24. The predicted molar refractivity (Wildman–Crippen MR) is 110 cm³/mol. The highest BCUT2D eigenvalue weighted by Crippen LogP contribution is 2.31. The minimum atomic E-state index is -4.30. The molecule has 0 aliphatic rings. The first kappa shape index (κ1) is 22.0. The topological polar surface area (TPSA) is 91.6 Å². The molecule has 3 aromatic rings. The average molecular weight is 434 g/mol. The number of pyridine rings is 1. The first-order chi connectivity index (χ1) is 14.6. The van der Waals surface area contributed by atoms with Crippen molar-refractivity contribution >= 4 is 35.2 Å². The number of nitrogens with one attached hydrogen (secondary N) is 1. The Bertz CT molecular complexity index is 1110. The number of fused-ring (bicyclic) bond motifs is 1. The molecule has 12 heteroatoms. The molecule has 3 heterocycles. The zero-order valence-electron chi connectivity index (χ0n) is 17.2. The monoisotopic (exact) mass is 434 g/mol. The van der Waals surface area contributed by atoms with Crippen molar-refractivity contribution in [1.82, 2.24) is 24.6 Å². The molecule has 1 amide bonds. The average Bonchev–Trinajstić information content (AvgIpc) is 3.17. The second-order valence-corrected chi connectivity index (χ2v) is 6.92. The lowest BCUT2D eigenvalue weighted by atomic mass is 10.2. The fraction of sp³-hybridized carbons (Fsp3) is 0.316. The molecular weight excluding hydrogens is 413 g/mol. The van der Waals surface area contributed by atoms with E-state index in [1.165, 1.54) is 29.4 Å². The van der Waals surface area contributed by atoms with E-state index < -0.39 is 12.6 Å². The van der Waals surface area contributed by atoms with Crippen molar-refractivity contribution in [3.8, 4) is 0 Å². The molecule has 0 saturated heterocycles. The van der Waals surface area contributed by atoms with Gasteiger partial charge in [-0.1, -0.05) is 6.58 Å². The van der Waals surface area contributed by atoms with Gasteiger partial charge in [0.05, 0.1) is 18.1 Å². The van der Waals surface area contributed by atoms with Crippen molar-refractivity contribution in [2.75, 3.05) is 29.2 Å². The van der Waals surface area contributed by atoms with E-state index in [1.807, 2.05) is 13.0 Å². The van der Waals surface area contributed by atoms with Crippen LogP contribution in [-0.4, -0.2) is 51.2 Å². The first-order valence-corrected chi connectivity index (χ1v) is 9.19. The van der Waals surface area contributed by atoms with E-state index in [-0.39, 0.29) is 23.9 Å². The van der Waals surface area contributed by atoms with E-state index >= 15 is 0 Å². The molecule has 0 spiro atoms. The molecule has 0 aliphatic heterocycles. The summed E-state index contributed by atoms with van der Waals surface area (Å²) in [5, 5.41) is 7.16. The number of aromatic nitrogens is 5. The van der Waals surface area contributed by atoms with Crippen molar-refractivity contribution < 1.29 is 18.0 Å². The van der Waals surface area contributed by atoms with Crippen molar-refractivity contribution in [3.05, 3.63) is 42.6 Å². The van der Waals surface area contributed by atoms with Crippen LogP contribution in [0.2, 0.25) is 0 Å². The number of nitrogens with zero attached hydrogens (tertiary/aromatic N) is 7. The molecule has 0 bridgehead atoms. The number of anilines is 4. The number of alkyl halides is 3. The van der Waals surface area contributed by atoms with E-state index in [9.17, 15) is 18.0 Å². The van der Waals surface area contributed by atoms with Crippen LogP contribution in [0, 0.1) is 6.92 Å². The summed E-state index contributed by atoms with van der Waals surface area (Å²) in [7, 11) is 3.04. The third-order valence-electron chi connectivity index (χ3n) is 4.65. The summed E-state index contributed by atoms with van der Waals surface area (Å²) < 4.78 is 39.4. The van der Waals surface area contributed by atoms with Gasteiger partial charge in [0.1, 0.15) is 12.0 Å². The standard InChI is InChI=1S/C19H21F3N8O/c1-12-7-16-24-10-25-30(16)9-14(12)26-18-23-8-15(28(3)11-31)17(27-18)29(4)13(2)5-6-19(20,21)22/h7-11H,2,5-6H2,1,3-4H3,(H,23,26,27). The van der Waals surface area contributed by atoms with E-state index in [0.29, 0.717) is 23.4 Å². The number of aryl methyl sites for hydroxylation is 1. The lowest BCUT2D eigenvalue weighted by Gasteiger charge is -2.26. The summed E-state index contributed by atoms with van der Waals surface area (Å²) in [6, 6.07) is 1.83. The number of halogens is 3. The van der Waals surface area contributed by atoms with Gasteiger partial charge in [0.2, 0.25) is 12.4 Å². The van der Waals surface area contributed by atoms with E-state index in [1.54, 1.807) is 17.8 Å². The Labute approximate surface area is 176 Å². The number of rotatable bonds is 8. The molecule has 3 aromatic heterocycles. The van der Waals surface area contributed by atoms with Crippen LogP contribution in [0.5, 0.6) is 0 Å². The second-order valence-electron chi connectivity index (χ2n) is 6.92. The molecule has 0 atom stereocenters. The predicted octanol–water partition coefficient (Wildman–Crippen LogP) is 3.46. The summed E-state index contributed by atoms with van der Waals surface area (Å²) in [5.41, 5.74) is 2.72. The number of amides is 1. The molecule has 0 aromatic carbocycles. The Hall–Kier alpha value is -3.70. The Morgan fingerprint density at radius 3 is 2.74 bits per heavy atom. The molecule has 9 nitrogen and oxygen atoms in total. The fourth-order valence-corrected chi connectivity index (χ4v) is 2.79. The number of carbonyl (C=O) groups excluding carboxylic acids is 1. The van der Waals surface area contributed by atoms with E-state index in [4.69, 9.17) is 0 Å². The van der Waals surface area contributed by atoms with Gasteiger partial charge < -0.3 is 15.1 Å². The van der Waals surface area contributed by atoms with Crippen molar-refractivity contribution in [2.45, 2.75) is 25.9 Å². The molecule has 1 N–H and O–H groups in total. The zero-order chi connectivity index (χ0) is 22.8. The van der Waals surface area contributed by atoms with E-state index in [0.717, 1.165) is 5.56 Å². The smallest absolute Gasteiger partial charge is 0.332 e. The van der Waals surface area contributed by atoms with Crippen LogP contribution in [0.25, 0.3) is 5.65 Å². The Balaban J connectivity index is 1.93. The summed E-state index contributed by atoms with van der Waals surface area (Å²) in [4.78, 5) is 26.7. The summed E-state index contributed by atoms with van der Waals surface area (Å²) >= 11 is 0. The highest BCUT2D eigenvalue weighted by molar-refractivity contribution is 5.82. The summed E-state index contributed by atoms with van der Waals surface area (Å²) in [6.07, 6.45) is -0.499. The van der Waals surface area contributed by atoms with Gasteiger partial charge in [-0.25, -0.2) is 14.5 Å². The van der Waals surface area contributed by atoms with Gasteiger partial charge in [-0.2, -0.15) is 23.3 Å². The minimum Gasteiger partial charge on any atom is -0.332 e. The highest BCUT2D eigenvalue weighted by Gasteiger charge is 2.28. The normalized spacial score (nSPS) is 11.4. The van der Waals surface area contributed by atoms with Crippen LogP contribution in [0.3, 0.4) is 0 Å². The molecule has 3 rings (SSSR count). The van der Waals surface area contributed by atoms with Gasteiger partial charge in [0.25, 0.3) is 0 Å². The van der Waals surface area contributed by atoms with E-state index in [2.05, 4.69) is 31.9 Å². The van der Waals surface area contributed by atoms with Crippen LogP contribution in [-0.2, 0) is 4.79 Å². The van der Waals surface area contributed by atoms with Crippen molar-refractivity contribution in [3.63, 3.8) is 0 Å². The van der Waals surface area contributed by atoms with Gasteiger partial charge in [0, 0.05) is 26.2 Å². The zero-order valence-corrected chi connectivity index (χ0v) is 17.2. The molecule has 0 aliphatic carbocycles. The van der Waals surface area contributed by atoms with Crippen LogP contribution in [0.4, 0.5) is 36.3 Å². The Morgan fingerprint density at radius 1 is 1.32 bits per heavy atom. The largest absolute Gasteiger partial charge is 0.389 e. The number of hydrogen-bond donors (Lipinski definition) is 1. The molecule has 0 unspecified atom stereocenters. The van der Waals surface area contributed by atoms with Crippen molar-refractivity contribution in [2.24, 2.45) is 0 Å². The van der Waals surface area contributed by atoms with Gasteiger partial charge in [-0.05, 0) is 25.0 Å². The van der Waals surface area contributed by atoms with Crippen LogP contribution in [0.15, 0.2) is 37.1 Å². The summed E-state index contributed by atoms with van der Waals surface area (Å²) in [6.45, 7) is 5.61. The number of hydrogen-bond acceptors (Lipinski definition) is 7. The van der Waals surface area contributed by atoms with Crippen molar-refractivity contribution in [1.29, 1.82) is 0 Å². The van der Waals surface area contributed by atoms with Crippen LogP contribution >= 0.6 is 0 Å². The SMILES string of the molecule is C=C(CCC(F)(F)F)N(C)c1nc(Nc2cn3ncnc3cc2C)ncc1N(C)C=O. The first-order valence-electron chi connectivity index (χ1n) is 9.19. The van der Waals surface area contributed by atoms with Gasteiger partial charge in [-0.15, -0.1) is 0 Å². The third kappa shape index (κ3) is 5.08. The third-order valence-corrected chi connectivity index (χ3v) is 4.65. The quantitative estimate of drug-likeness (QED) is 0.543. The number of allylic oxidation sites excluding steroid dienone is 1. The van der Waals surface area contributed by atoms with Gasteiger partial charge >= 0.3 is 6.18 Å². The summed E-state index contributed by atoms with van der Waals surface area (Å²) in [5.74, 6) is 0.426. The van der Waals surface area contributed by atoms with Crippen LogP contribution in [0.1, 0.15) is 18.4 Å². The van der Waals surface area contributed by atoms with Gasteiger partial charge in [-0.3, -0.25) is 4.79 Å². The minimum absolute atomic E-state index is 0.191. The highest BCUT2D eigenvalue weighted by atomic mass is 19.4. The maximum absolute atomic E-state index is 12.6. The molecule has 31 heavy (non-hydrogen) atoms. The number of carbonyl (C=O) groups is 1. The molecule has 0 saturated carbocycles. The maximum Gasteiger partial charge on any atom is 0.389 e. The lowest BCUT2D eigenvalue weighted by molar-refractivity contribution is -0.134. The Kier molecular flexibility index (Phi) is 6.09. The molecular formula is C19H21F3N8O. The fourth-order valence-electron chi connectivity index (χ4n) is 2.79. The molecule has 0 fully saturated rings. The Morgan fingerprint density at radius 2 is 2.06 bits per heavy atom.